The fourth-order valence-corrected chi connectivity index (χ4v) is 3.41. The Balaban J connectivity index is 1.62. The summed E-state index contributed by atoms with van der Waals surface area (Å²) in [5.74, 6) is 2.43. The first-order chi connectivity index (χ1) is 12.4. The van der Waals surface area contributed by atoms with Gasteiger partial charge in [-0.3, -0.25) is 9.48 Å². The molecule has 0 spiro atoms. The third kappa shape index (κ3) is 3.80. The van der Waals surface area contributed by atoms with Crippen LogP contribution in [0.25, 0.3) is 0 Å². The summed E-state index contributed by atoms with van der Waals surface area (Å²) in [5.41, 5.74) is 0.670. The number of aromatic nitrogens is 5. The van der Waals surface area contributed by atoms with Crippen LogP contribution >= 0.6 is 0 Å². The second-order valence-electron chi connectivity index (χ2n) is 7.64. The molecule has 8 nitrogen and oxygen atoms in total. The molecule has 0 aliphatic carbocycles. The molecule has 2 aromatic rings. The number of carbonyl (C=O) groups excluding carboxylic acids is 1. The zero-order valence-electron chi connectivity index (χ0n) is 16.4. The van der Waals surface area contributed by atoms with Crippen LogP contribution in [0.3, 0.4) is 0 Å². The maximum absolute atomic E-state index is 12.7. The molecule has 2 aromatic heterocycles. The lowest BCUT2D eigenvalue weighted by Crippen LogP contribution is -2.38. The van der Waals surface area contributed by atoms with E-state index in [0.717, 1.165) is 44.1 Å². The van der Waals surface area contributed by atoms with Crippen molar-refractivity contribution in [1.29, 1.82) is 0 Å². The average Bonchev–Trinajstić information content (AvgIpc) is 3.22. The highest BCUT2D eigenvalue weighted by atomic mass is 16.2. The molecule has 1 fully saturated rings. The van der Waals surface area contributed by atoms with Crippen LogP contribution in [0, 0.1) is 0 Å². The molecule has 0 saturated carbocycles. The summed E-state index contributed by atoms with van der Waals surface area (Å²) in [6.07, 6.45) is 5.34. The van der Waals surface area contributed by atoms with Crippen LogP contribution in [-0.4, -0.2) is 67.4 Å². The van der Waals surface area contributed by atoms with E-state index in [0.29, 0.717) is 11.5 Å². The van der Waals surface area contributed by atoms with E-state index in [-0.39, 0.29) is 11.9 Å². The fraction of sp³-hybridized carbons (Fsp3) is 0.667. The molecule has 0 atom stereocenters. The molecule has 26 heavy (non-hydrogen) atoms. The van der Waals surface area contributed by atoms with E-state index in [4.69, 9.17) is 0 Å². The van der Waals surface area contributed by atoms with Crippen molar-refractivity contribution in [2.24, 2.45) is 7.05 Å². The van der Waals surface area contributed by atoms with E-state index in [1.54, 1.807) is 6.20 Å². The van der Waals surface area contributed by atoms with Gasteiger partial charge in [0.15, 0.2) is 0 Å². The lowest BCUT2D eigenvalue weighted by atomic mass is 9.95. The second-order valence-corrected chi connectivity index (χ2v) is 7.64. The summed E-state index contributed by atoms with van der Waals surface area (Å²) in [6, 6.07) is 0.259. The van der Waals surface area contributed by atoms with Crippen LogP contribution in [0.1, 0.15) is 60.7 Å². The number of piperidine rings is 1. The van der Waals surface area contributed by atoms with E-state index in [1.165, 1.54) is 0 Å². The number of carbonyl (C=O) groups is 1. The first-order valence-electron chi connectivity index (χ1n) is 9.23. The van der Waals surface area contributed by atoms with Crippen LogP contribution in [0.5, 0.6) is 0 Å². The minimum absolute atomic E-state index is 0.0709. The minimum Gasteiger partial charge on any atom is -0.339 e. The van der Waals surface area contributed by atoms with Crippen molar-refractivity contribution in [3.05, 3.63) is 29.6 Å². The first-order valence-corrected chi connectivity index (χ1v) is 9.23. The maximum atomic E-state index is 12.7. The summed E-state index contributed by atoms with van der Waals surface area (Å²) in [7, 11) is 6.09. The Morgan fingerprint density at radius 2 is 1.96 bits per heavy atom. The molecular weight excluding hydrogens is 330 g/mol. The normalized spacial score (nSPS) is 16.0. The van der Waals surface area contributed by atoms with Gasteiger partial charge in [-0.2, -0.15) is 5.10 Å². The van der Waals surface area contributed by atoms with E-state index in [2.05, 4.69) is 38.6 Å². The highest BCUT2D eigenvalue weighted by Crippen LogP contribution is 2.27. The molecule has 0 aromatic carbocycles. The van der Waals surface area contributed by atoms with E-state index in [1.807, 2.05) is 36.9 Å². The van der Waals surface area contributed by atoms with Gasteiger partial charge >= 0.3 is 0 Å². The molecule has 142 valence electrons. The Morgan fingerprint density at radius 1 is 1.27 bits per heavy atom. The van der Waals surface area contributed by atoms with Gasteiger partial charge in [-0.1, -0.05) is 0 Å². The molecule has 1 amide bonds. The third-order valence-corrected chi connectivity index (χ3v) is 4.98. The maximum Gasteiger partial charge on any atom is 0.257 e. The number of rotatable bonds is 5. The lowest BCUT2D eigenvalue weighted by Gasteiger charge is -2.31. The zero-order valence-corrected chi connectivity index (χ0v) is 16.4. The number of amides is 1. The molecule has 3 heterocycles. The Hall–Kier alpha value is -2.22. The van der Waals surface area contributed by atoms with Crippen molar-refractivity contribution in [1.82, 2.24) is 34.3 Å². The molecule has 0 radical (unpaired) electrons. The van der Waals surface area contributed by atoms with Gasteiger partial charge in [-0.05, 0) is 40.8 Å². The molecule has 1 aliphatic rings. The predicted molar refractivity (Wildman–Crippen MR) is 98.9 cm³/mol. The van der Waals surface area contributed by atoms with Crippen molar-refractivity contribution in [3.8, 4) is 0 Å². The van der Waals surface area contributed by atoms with Crippen molar-refractivity contribution in [2.45, 2.75) is 45.2 Å². The fourth-order valence-electron chi connectivity index (χ4n) is 3.41. The van der Waals surface area contributed by atoms with Crippen LogP contribution in [0.2, 0.25) is 0 Å². The molecule has 0 unspecified atom stereocenters. The number of hydrogen-bond donors (Lipinski definition) is 0. The smallest absolute Gasteiger partial charge is 0.257 e. The quantitative estimate of drug-likeness (QED) is 0.812. The number of nitrogens with zero attached hydrogens (tertiary/aromatic N) is 7. The summed E-state index contributed by atoms with van der Waals surface area (Å²) in [4.78, 5) is 16.7. The van der Waals surface area contributed by atoms with Gasteiger partial charge in [0, 0.05) is 38.3 Å². The second kappa shape index (κ2) is 7.57. The van der Waals surface area contributed by atoms with E-state index in [9.17, 15) is 4.79 Å². The first kappa shape index (κ1) is 18.6. The van der Waals surface area contributed by atoms with Crippen LogP contribution < -0.4 is 0 Å². The SMILES string of the molecule is CC(C)n1cc(C(=O)N2CCC(c3nnc(CN(C)C)n3C)CC2)cn1. The number of hydrogen-bond acceptors (Lipinski definition) is 5. The van der Waals surface area contributed by atoms with Crippen molar-refractivity contribution >= 4 is 5.91 Å². The molecule has 8 heteroatoms. The summed E-state index contributed by atoms with van der Waals surface area (Å²) in [5, 5.41) is 13.0. The Bertz CT molecular complexity index is 753. The van der Waals surface area contributed by atoms with E-state index >= 15 is 0 Å². The highest BCUT2D eigenvalue weighted by molar-refractivity contribution is 5.93. The molecule has 0 bridgehead atoms. The molecule has 3 rings (SSSR count). The number of likely N-dealkylation sites (tertiary alicyclic amines) is 1. The topological polar surface area (TPSA) is 72.1 Å². The average molecular weight is 359 g/mol. The summed E-state index contributed by atoms with van der Waals surface area (Å²) in [6.45, 7) is 6.37. The Labute approximate surface area is 154 Å². The van der Waals surface area contributed by atoms with Crippen LogP contribution in [-0.2, 0) is 13.6 Å². The third-order valence-electron chi connectivity index (χ3n) is 4.98. The van der Waals surface area contributed by atoms with E-state index < -0.39 is 0 Å². The highest BCUT2D eigenvalue weighted by Gasteiger charge is 2.28. The van der Waals surface area contributed by atoms with Crippen molar-refractivity contribution in [2.75, 3.05) is 27.2 Å². The van der Waals surface area contributed by atoms with Crippen molar-refractivity contribution in [3.63, 3.8) is 0 Å². The molecule has 1 saturated heterocycles. The van der Waals surface area contributed by atoms with Crippen LogP contribution in [0.15, 0.2) is 12.4 Å². The van der Waals surface area contributed by atoms with Gasteiger partial charge in [0.1, 0.15) is 11.6 Å². The van der Waals surface area contributed by atoms with Gasteiger partial charge in [-0.25, -0.2) is 0 Å². The van der Waals surface area contributed by atoms with Gasteiger partial charge in [-0.15, -0.1) is 10.2 Å². The van der Waals surface area contributed by atoms with Crippen LogP contribution in [0.4, 0.5) is 0 Å². The molecular formula is C18H29N7O. The van der Waals surface area contributed by atoms with Gasteiger partial charge < -0.3 is 14.4 Å². The Morgan fingerprint density at radius 3 is 2.54 bits per heavy atom. The summed E-state index contributed by atoms with van der Waals surface area (Å²) >= 11 is 0. The van der Waals surface area contributed by atoms with Gasteiger partial charge in [0.2, 0.25) is 0 Å². The van der Waals surface area contributed by atoms with Gasteiger partial charge in [0.05, 0.1) is 18.3 Å². The molecule has 0 N–H and O–H groups in total. The predicted octanol–water partition coefficient (Wildman–Crippen LogP) is 1.67. The monoisotopic (exact) mass is 359 g/mol. The minimum atomic E-state index is 0.0709. The molecule has 1 aliphatic heterocycles. The lowest BCUT2D eigenvalue weighted by molar-refractivity contribution is 0.0710. The largest absolute Gasteiger partial charge is 0.339 e. The summed E-state index contributed by atoms with van der Waals surface area (Å²) < 4.78 is 3.93. The Kier molecular flexibility index (Phi) is 5.41. The van der Waals surface area contributed by atoms with Gasteiger partial charge in [0.25, 0.3) is 5.91 Å². The van der Waals surface area contributed by atoms with Crippen molar-refractivity contribution < 1.29 is 4.79 Å². The standard InChI is InChI=1S/C18H29N7O/c1-13(2)25-11-15(10-19-25)18(26)24-8-6-14(7-9-24)17-21-20-16(23(17)5)12-22(3)4/h10-11,13-14H,6-9,12H2,1-5H3. The zero-order chi connectivity index (χ0) is 18.8.